The van der Waals surface area contributed by atoms with Crippen LogP contribution in [0.4, 0.5) is 0 Å². The monoisotopic (exact) mass is 317 g/mol. The Labute approximate surface area is 136 Å². The van der Waals surface area contributed by atoms with E-state index in [9.17, 15) is 14.7 Å². The largest absolute Gasteiger partial charge is 0.478 e. The number of rotatable bonds is 4. The first-order valence-corrected chi connectivity index (χ1v) is 8.40. The number of piperidine rings is 2. The maximum Gasteiger partial charge on any atom is 0.339 e. The van der Waals surface area contributed by atoms with Crippen molar-refractivity contribution in [3.05, 3.63) is 35.4 Å². The molecule has 0 unspecified atom stereocenters. The van der Waals surface area contributed by atoms with Crippen LogP contribution < -0.4 is 0 Å². The number of carboxylic acids is 1. The lowest BCUT2D eigenvalue weighted by molar-refractivity contribution is 0.00720. The second kappa shape index (κ2) is 7.13. The highest BCUT2D eigenvalue weighted by Crippen LogP contribution is 2.31. The third-order valence-corrected chi connectivity index (χ3v) is 5.03. The number of hydrogen-bond donors (Lipinski definition) is 1. The average molecular weight is 317 g/mol. The van der Waals surface area contributed by atoms with E-state index in [4.69, 9.17) is 4.74 Å². The van der Waals surface area contributed by atoms with Gasteiger partial charge < -0.3 is 9.84 Å². The second-order valence-electron chi connectivity index (χ2n) is 6.45. The maximum absolute atomic E-state index is 12.3. The van der Waals surface area contributed by atoms with Crippen LogP contribution in [0.2, 0.25) is 0 Å². The normalized spacial score (nSPS) is 24.7. The van der Waals surface area contributed by atoms with Crippen molar-refractivity contribution < 1.29 is 19.4 Å². The predicted octanol–water partition coefficient (Wildman–Crippen LogP) is 2.81. The Morgan fingerprint density at radius 2 is 1.83 bits per heavy atom. The van der Waals surface area contributed by atoms with E-state index in [1.165, 1.54) is 31.4 Å². The van der Waals surface area contributed by atoms with Gasteiger partial charge in [-0.15, -0.1) is 0 Å². The average Bonchev–Trinajstić information content (AvgIpc) is 2.59. The van der Waals surface area contributed by atoms with Crippen LogP contribution in [0.15, 0.2) is 24.3 Å². The lowest BCUT2D eigenvalue weighted by Crippen LogP contribution is -2.49. The highest BCUT2D eigenvalue weighted by molar-refractivity contribution is 6.02. The molecular weight excluding hydrogens is 294 g/mol. The molecule has 0 bridgehead atoms. The van der Waals surface area contributed by atoms with Gasteiger partial charge >= 0.3 is 11.9 Å². The van der Waals surface area contributed by atoms with E-state index in [2.05, 4.69) is 4.90 Å². The zero-order chi connectivity index (χ0) is 16.2. The number of carboxylic acid groups (broad SMARTS) is 1. The Hall–Kier alpha value is -1.88. The van der Waals surface area contributed by atoms with Gasteiger partial charge in [0.05, 0.1) is 17.7 Å². The van der Waals surface area contributed by atoms with Gasteiger partial charge in [0.25, 0.3) is 0 Å². The molecule has 0 saturated carbocycles. The van der Waals surface area contributed by atoms with Gasteiger partial charge in [-0.2, -0.15) is 0 Å². The summed E-state index contributed by atoms with van der Waals surface area (Å²) in [4.78, 5) is 26.0. The van der Waals surface area contributed by atoms with Crippen LogP contribution >= 0.6 is 0 Å². The number of hydrogen-bond acceptors (Lipinski definition) is 4. The van der Waals surface area contributed by atoms with Gasteiger partial charge in [-0.25, -0.2) is 9.59 Å². The molecule has 0 amide bonds. The number of benzene rings is 1. The second-order valence-corrected chi connectivity index (χ2v) is 6.45. The fourth-order valence-corrected chi connectivity index (χ4v) is 3.88. The summed E-state index contributed by atoms with van der Waals surface area (Å²) in [5, 5.41) is 9.17. The molecular formula is C18H23NO4. The molecule has 2 fully saturated rings. The minimum atomic E-state index is -1.10. The highest BCUT2D eigenvalue weighted by atomic mass is 16.5. The summed E-state index contributed by atoms with van der Waals surface area (Å²) in [7, 11) is 0. The van der Waals surface area contributed by atoms with E-state index >= 15 is 0 Å². The fourth-order valence-electron chi connectivity index (χ4n) is 3.88. The maximum atomic E-state index is 12.3. The minimum Gasteiger partial charge on any atom is -0.478 e. The summed E-state index contributed by atoms with van der Waals surface area (Å²) >= 11 is 0. The van der Waals surface area contributed by atoms with E-state index in [1.54, 1.807) is 12.1 Å². The van der Waals surface area contributed by atoms with Crippen molar-refractivity contribution in [1.82, 2.24) is 4.90 Å². The third kappa shape index (κ3) is 3.55. The van der Waals surface area contributed by atoms with Gasteiger partial charge in [-0.05, 0) is 50.9 Å². The van der Waals surface area contributed by atoms with Crippen LogP contribution in [-0.2, 0) is 4.74 Å². The van der Waals surface area contributed by atoms with Crippen LogP contribution in [0.25, 0.3) is 0 Å². The standard InChI is InChI=1S/C18H23NO4/c20-17(21)14-7-1-2-8-15(14)18(22)23-12-13-6-5-11-19-10-4-3-9-16(13)19/h1-2,7-8,13,16H,3-6,9-12H2,(H,20,21)/t13-,16+/m0/s1. The van der Waals surface area contributed by atoms with Gasteiger partial charge in [0, 0.05) is 12.0 Å². The van der Waals surface area contributed by atoms with E-state index < -0.39 is 11.9 Å². The van der Waals surface area contributed by atoms with Crippen LogP contribution in [0, 0.1) is 5.92 Å². The molecule has 124 valence electrons. The molecule has 5 heteroatoms. The van der Waals surface area contributed by atoms with Crippen molar-refractivity contribution in [2.45, 2.75) is 38.1 Å². The molecule has 1 aromatic rings. The van der Waals surface area contributed by atoms with Crippen molar-refractivity contribution in [2.75, 3.05) is 19.7 Å². The number of ether oxygens (including phenoxy) is 1. The molecule has 1 aromatic carbocycles. The molecule has 2 aliphatic heterocycles. The summed E-state index contributed by atoms with van der Waals surface area (Å²) in [5.74, 6) is -1.27. The van der Waals surface area contributed by atoms with Gasteiger partial charge in [-0.1, -0.05) is 18.6 Å². The zero-order valence-electron chi connectivity index (χ0n) is 13.2. The quantitative estimate of drug-likeness (QED) is 0.865. The van der Waals surface area contributed by atoms with Gasteiger partial charge in [0.15, 0.2) is 0 Å². The van der Waals surface area contributed by atoms with Gasteiger partial charge in [0.2, 0.25) is 0 Å². The molecule has 3 rings (SSSR count). The van der Waals surface area contributed by atoms with Crippen molar-refractivity contribution in [3.8, 4) is 0 Å². The van der Waals surface area contributed by atoms with Crippen LogP contribution in [-0.4, -0.2) is 47.7 Å². The SMILES string of the molecule is O=C(O)c1ccccc1C(=O)OC[C@@H]1CCCN2CCCC[C@H]12. The molecule has 0 spiro atoms. The molecule has 2 atom stereocenters. The lowest BCUT2D eigenvalue weighted by atomic mass is 9.84. The lowest BCUT2D eigenvalue weighted by Gasteiger charge is -2.44. The van der Waals surface area contributed by atoms with Crippen LogP contribution in [0.3, 0.4) is 0 Å². The van der Waals surface area contributed by atoms with Crippen molar-refractivity contribution >= 4 is 11.9 Å². The van der Waals surface area contributed by atoms with E-state index in [0.717, 1.165) is 25.9 Å². The minimum absolute atomic E-state index is 0.000405. The topological polar surface area (TPSA) is 66.8 Å². The molecule has 2 aliphatic rings. The van der Waals surface area contributed by atoms with E-state index in [-0.39, 0.29) is 11.1 Å². The Bertz CT molecular complexity index is 584. The van der Waals surface area contributed by atoms with Crippen molar-refractivity contribution in [3.63, 3.8) is 0 Å². The molecule has 23 heavy (non-hydrogen) atoms. The summed E-state index contributed by atoms with van der Waals surface area (Å²) < 4.78 is 5.48. The Kier molecular flexibility index (Phi) is 4.96. The zero-order valence-corrected chi connectivity index (χ0v) is 13.2. The Morgan fingerprint density at radius 3 is 2.61 bits per heavy atom. The summed E-state index contributed by atoms with van der Waals surface area (Å²) in [6.45, 7) is 2.68. The smallest absolute Gasteiger partial charge is 0.339 e. The predicted molar refractivity (Wildman–Crippen MR) is 85.6 cm³/mol. The summed E-state index contributed by atoms with van der Waals surface area (Å²) in [6.07, 6.45) is 5.90. The van der Waals surface area contributed by atoms with E-state index in [0.29, 0.717) is 18.6 Å². The number of esters is 1. The number of nitrogens with zero attached hydrogens (tertiary/aromatic N) is 1. The number of fused-ring (bicyclic) bond motifs is 1. The fraction of sp³-hybridized carbons (Fsp3) is 0.556. The highest BCUT2D eigenvalue weighted by Gasteiger charge is 2.33. The van der Waals surface area contributed by atoms with Gasteiger partial charge in [0.1, 0.15) is 0 Å². The first-order chi connectivity index (χ1) is 11.2. The molecule has 5 nitrogen and oxygen atoms in total. The van der Waals surface area contributed by atoms with Crippen LogP contribution in [0.5, 0.6) is 0 Å². The molecule has 0 aromatic heterocycles. The third-order valence-electron chi connectivity index (χ3n) is 5.03. The molecule has 2 saturated heterocycles. The Balaban J connectivity index is 1.64. The van der Waals surface area contributed by atoms with Gasteiger partial charge in [-0.3, -0.25) is 4.90 Å². The Morgan fingerprint density at radius 1 is 1.09 bits per heavy atom. The number of aromatic carboxylic acids is 1. The van der Waals surface area contributed by atoms with Crippen molar-refractivity contribution in [2.24, 2.45) is 5.92 Å². The van der Waals surface area contributed by atoms with Crippen molar-refractivity contribution in [1.29, 1.82) is 0 Å². The molecule has 1 N–H and O–H groups in total. The number of carbonyl (C=O) groups is 2. The molecule has 0 radical (unpaired) electrons. The molecule has 2 heterocycles. The molecule has 0 aliphatic carbocycles. The first-order valence-electron chi connectivity index (χ1n) is 8.40. The van der Waals surface area contributed by atoms with Crippen LogP contribution in [0.1, 0.15) is 52.8 Å². The number of carbonyl (C=O) groups excluding carboxylic acids is 1. The first kappa shape index (κ1) is 16.0. The van der Waals surface area contributed by atoms with E-state index in [1.807, 2.05) is 0 Å². The summed E-state index contributed by atoms with van der Waals surface area (Å²) in [6, 6.07) is 6.73. The summed E-state index contributed by atoms with van der Waals surface area (Å²) in [5.41, 5.74) is 0.136.